The molecule has 1 saturated carbocycles. The number of rotatable bonds is 4. The van der Waals surface area contributed by atoms with Gasteiger partial charge in [0, 0.05) is 15.9 Å². The van der Waals surface area contributed by atoms with Gasteiger partial charge in [0.2, 0.25) is 0 Å². The van der Waals surface area contributed by atoms with E-state index in [-0.39, 0.29) is 0 Å². The highest BCUT2D eigenvalue weighted by Gasteiger charge is 2.22. The molecule has 1 aliphatic rings. The normalized spacial score (nSPS) is 17.7. The first kappa shape index (κ1) is 11.1. The Morgan fingerprint density at radius 2 is 2.20 bits per heavy atom. The lowest BCUT2D eigenvalue weighted by Gasteiger charge is -2.05. The summed E-state index contributed by atoms with van der Waals surface area (Å²) >= 11 is 3.40. The molecule has 1 aromatic carbocycles. The van der Waals surface area contributed by atoms with Gasteiger partial charge in [0.05, 0.1) is 15.7 Å². The fraction of sp³-hybridized carbons (Fsp3) is 0.455. The van der Waals surface area contributed by atoms with E-state index in [4.69, 9.17) is 5.73 Å². The zero-order valence-corrected chi connectivity index (χ0v) is 10.8. The van der Waals surface area contributed by atoms with Crippen LogP contribution in [0.2, 0.25) is 0 Å². The van der Waals surface area contributed by atoms with Gasteiger partial charge in [0.25, 0.3) is 0 Å². The van der Waals surface area contributed by atoms with Crippen molar-refractivity contribution in [2.24, 2.45) is 5.92 Å². The summed E-state index contributed by atoms with van der Waals surface area (Å²) in [6.45, 7) is 0. The van der Waals surface area contributed by atoms with Crippen LogP contribution in [0.25, 0.3) is 0 Å². The molecule has 1 atom stereocenters. The van der Waals surface area contributed by atoms with Gasteiger partial charge in [-0.1, -0.05) is 12.8 Å². The van der Waals surface area contributed by atoms with Gasteiger partial charge >= 0.3 is 0 Å². The molecule has 2 nitrogen and oxygen atoms in total. The molecule has 82 valence electrons. The lowest BCUT2D eigenvalue weighted by atomic mass is 10.3. The van der Waals surface area contributed by atoms with Crippen molar-refractivity contribution in [3.63, 3.8) is 0 Å². The predicted molar refractivity (Wildman–Crippen MR) is 67.2 cm³/mol. The first-order valence-electron chi connectivity index (χ1n) is 5.10. The molecule has 0 amide bonds. The van der Waals surface area contributed by atoms with Crippen molar-refractivity contribution >= 4 is 32.4 Å². The number of benzene rings is 1. The van der Waals surface area contributed by atoms with Crippen LogP contribution >= 0.6 is 15.9 Å². The molecular weight excluding hydrogens is 274 g/mol. The third-order valence-electron chi connectivity index (χ3n) is 2.61. The summed E-state index contributed by atoms with van der Waals surface area (Å²) in [4.78, 5) is 0.866. The maximum absolute atomic E-state index is 11.9. The van der Waals surface area contributed by atoms with Crippen molar-refractivity contribution in [3.05, 3.63) is 22.7 Å². The summed E-state index contributed by atoms with van der Waals surface area (Å²) < 4.78 is 12.8. The second-order valence-electron chi connectivity index (χ2n) is 3.97. The quantitative estimate of drug-likeness (QED) is 0.866. The number of hydrogen-bond donors (Lipinski definition) is 1. The first-order chi connectivity index (χ1) is 7.16. The number of nitrogen functional groups attached to an aromatic ring is 1. The molecule has 0 radical (unpaired) electrons. The van der Waals surface area contributed by atoms with Gasteiger partial charge < -0.3 is 5.73 Å². The van der Waals surface area contributed by atoms with E-state index in [1.165, 1.54) is 12.8 Å². The second-order valence-corrected chi connectivity index (χ2v) is 6.37. The van der Waals surface area contributed by atoms with E-state index >= 15 is 0 Å². The number of anilines is 1. The molecule has 0 saturated heterocycles. The molecule has 0 spiro atoms. The lowest BCUT2D eigenvalue weighted by molar-refractivity contribution is 0.676. The van der Waals surface area contributed by atoms with Crippen LogP contribution in [0.5, 0.6) is 0 Å². The minimum absolute atomic E-state index is 0.699. The van der Waals surface area contributed by atoms with Crippen LogP contribution in [0, 0.1) is 5.92 Å². The first-order valence-corrected chi connectivity index (χ1v) is 7.21. The topological polar surface area (TPSA) is 43.1 Å². The minimum Gasteiger partial charge on any atom is -0.399 e. The van der Waals surface area contributed by atoms with E-state index < -0.39 is 10.8 Å². The highest BCUT2D eigenvalue weighted by molar-refractivity contribution is 9.10. The molecule has 2 rings (SSSR count). The SMILES string of the molecule is Nc1ccc(S(=O)CCC2CC2)c(Br)c1. The number of nitrogens with two attached hydrogens (primary N) is 1. The Labute approximate surface area is 101 Å². The second kappa shape index (κ2) is 4.66. The monoisotopic (exact) mass is 287 g/mol. The Hall–Kier alpha value is -0.350. The van der Waals surface area contributed by atoms with Crippen molar-refractivity contribution in [1.82, 2.24) is 0 Å². The molecule has 0 bridgehead atoms. The zero-order chi connectivity index (χ0) is 10.8. The van der Waals surface area contributed by atoms with Gasteiger partial charge in [0.1, 0.15) is 0 Å². The molecule has 1 fully saturated rings. The van der Waals surface area contributed by atoms with Crippen molar-refractivity contribution in [3.8, 4) is 0 Å². The minimum atomic E-state index is -0.886. The average Bonchev–Trinajstić information content (AvgIpc) is 2.97. The van der Waals surface area contributed by atoms with Gasteiger partial charge in [-0.25, -0.2) is 0 Å². The van der Waals surface area contributed by atoms with Crippen molar-refractivity contribution < 1.29 is 4.21 Å². The van der Waals surface area contributed by atoms with Crippen LogP contribution in [0.4, 0.5) is 5.69 Å². The Bertz CT molecular complexity index is 390. The van der Waals surface area contributed by atoms with Crippen LogP contribution in [0.1, 0.15) is 19.3 Å². The van der Waals surface area contributed by atoms with E-state index in [0.717, 1.165) is 27.5 Å². The molecule has 4 heteroatoms. The zero-order valence-electron chi connectivity index (χ0n) is 8.41. The van der Waals surface area contributed by atoms with E-state index in [0.29, 0.717) is 5.69 Å². The molecule has 2 N–H and O–H groups in total. The highest BCUT2D eigenvalue weighted by atomic mass is 79.9. The van der Waals surface area contributed by atoms with E-state index in [1.807, 2.05) is 12.1 Å². The van der Waals surface area contributed by atoms with Crippen LogP contribution < -0.4 is 5.73 Å². The standard InChI is InChI=1S/C11H14BrNOS/c12-10-7-9(13)3-4-11(10)15(14)6-5-8-1-2-8/h3-4,7-8H,1-2,5-6,13H2. The summed E-state index contributed by atoms with van der Waals surface area (Å²) in [7, 11) is -0.886. The van der Waals surface area contributed by atoms with Crippen LogP contribution in [-0.4, -0.2) is 9.96 Å². The average molecular weight is 288 g/mol. The van der Waals surface area contributed by atoms with Gasteiger partial charge in [-0.15, -0.1) is 0 Å². The van der Waals surface area contributed by atoms with E-state index in [2.05, 4.69) is 15.9 Å². The summed E-state index contributed by atoms with van der Waals surface area (Å²) in [5.74, 6) is 1.61. The predicted octanol–water partition coefficient (Wildman–Crippen LogP) is 2.94. The van der Waals surface area contributed by atoms with Crippen molar-refractivity contribution in [2.75, 3.05) is 11.5 Å². The van der Waals surface area contributed by atoms with Crippen LogP contribution in [-0.2, 0) is 10.8 Å². The van der Waals surface area contributed by atoms with Gasteiger partial charge in [0.15, 0.2) is 0 Å². The maximum atomic E-state index is 11.9. The molecular formula is C11H14BrNOS. The highest BCUT2D eigenvalue weighted by Crippen LogP contribution is 2.33. The molecule has 0 aromatic heterocycles. The van der Waals surface area contributed by atoms with Crippen LogP contribution in [0.3, 0.4) is 0 Å². The van der Waals surface area contributed by atoms with Crippen molar-refractivity contribution in [1.29, 1.82) is 0 Å². The summed E-state index contributed by atoms with van der Waals surface area (Å²) in [5, 5.41) is 0. The Morgan fingerprint density at radius 3 is 2.80 bits per heavy atom. The summed E-state index contributed by atoms with van der Waals surface area (Å²) in [6, 6.07) is 5.46. The lowest BCUT2D eigenvalue weighted by Crippen LogP contribution is -2.00. The van der Waals surface area contributed by atoms with Crippen molar-refractivity contribution in [2.45, 2.75) is 24.2 Å². The third kappa shape index (κ3) is 3.05. The molecule has 0 heterocycles. The summed E-state index contributed by atoms with van der Waals surface area (Å²) in [5.41, 5.74) is 6.33. The largest absolute Gasteiger partial charge is 0.399 e. The smallest absolute Gasteiger partial charge is 0.0541 e. The number of hydrogen-bond acceptors (Lipinski definition) is 2. The molecule has 0 aliphatic heterocycles. The number of halogens is 1. The fourth-order valence-corrected chi connectivity index (χ4v) is 3.69. The molecule has 15 heavy (non-hydrogen) atoms. The summed E-state index contributed by atoms with van der Waals surface area (Å²) in [6.07, 6.45) is 3.73. The van der Waals surface area contributed by atoms with Gasteiger partial charge in [-0.3, -0.25) is 4.21 Å². The van der Waals surface area contributed by atoms with Gasteiger partial charge in [-0.2, -0.15) is 0 Å². The Kier molecular flexibility index (Phi) is 3.46. The molecule has 1 aromatic rings. The Balaban J connectivity index is 2.03. The van der Waals surface area contributed by atoms with Crippen LogP contribution in [0.15, 0.2) is 27.6 Å². The van der Waals surface area contributed by atoms with E-state index in [1.54, 1.807) is 6.07 Å². The van der Waals surface area contributed by atoms with E-state index in [9.17, 15) is 4.21 Å². The molecule has 1 unspecified atom stereocenters. The van der Waals surface area contributed by atoms with Gasteiger partial charge in [-0.05, 0) is 46.5 Å². The molecule has 1 aliphatic carbocycles. The third-order valence-corrected chi connectivity index (χ3v) is 4.98. The maximum Gasteiger partial charge on any atom is 0.0541 e. The Morgan fingerprint density at radius 1 is 1.47 bits per heavy atom. The fourth-order valence-electron chi connectivity index (χ4n) is 1.49.